The van der Waals surface area contributed by atoms with Crippen LogP contribution in [0.5, 0.6) is 0 Å². The molecule has 8 nitrogen and oxygen atoms in total. The lowest BCUT2D eigenvalue weighted by Crippen LogP contribution is -2.64. The van der Waals surface area contributed by atoms with Crippen LogP contribution in [0.4, 0.5) is 4.79 Å². The van der Waals surface area contributed by atoms with Gasteiger partial charge in [0, 0.05) is 49.8 Å². The van der Waals surface area contributed by atoms with E-state index in [2.05, 4.69) is 0 Å². The number of hydrogen-bond acceptors (Lipinski definition) is 4. The lowest BCUT2D eigenvalue weighted by Gasteiger charge is -2.50. The number of benzene rings is 2. The monoisotopic (exact) mass is 537 g/mol. The molecule has 3 aliphatic rings. The number of aliphatic hydroxyl groups excluding tert-OH is 1. The minimum absolute atomic E-state index is 0.0444. The normalized spacial score (nSPS) is 20.9. The standard InChI is InChI=1S/C29H32ClN3O5/c1-18(35)31-16-23-14-24(20-8-6-19(7-9-20)12-13-34)27(26(17-31)33(23)29(37)38)28(36)32(22-10-11-22)15-21-4-2-3-5-25(21)30/h2-9,22-23,26,34H,10-17H2,1H3,(H,37,38)/t23-,26-/m1/s1. The van der Waals surface area contributed by atoms with Gasteiger partial charge in [-0.3, -0.25) is 14.5 Å². The Balaban J connectivity index is 1.61. The highest BCUT2D eigenvalue weighted by atomic mass is 35.5. The Morgan fingerprint density at radius 1 is 1.05 bits per heavy atom. The van der Waals surface area contributed by atoms with Crippen molar-refractivity contribution in [1.29, 1.82) is 0 Å². The molecular formula is C29H32ClN3O5. The summed E-state index contributed by atoms with van der Waals surface area (Å²) in [5.41, 5.74) is 3.94. The summed E-state index contributed by atoms with van der Waals surface area (Å²) in [6.45, 7) is 2.28. The molecule has 2 bridgehead atoms. The predicted molar refractivity (Wildman–Crippen MR) is 143 cm³/mol. The van der Waals surface area contributed by atoms with Crippen LogP contribution in [0.1, 0.15) is 42.9 Å². The van der Waals surface area contributed by atoms with Crippen LogP contribution in [0, 0.1) is 0 Å². The molecular weight excluding hydrogens is 506 g/mol. The molecule has 3 amide bonds. The molecule has 5 rings (SSSR count). The Morgan fingerprint density at radius 2 is 1.76 bits per heavy atom. The highest BCUT2D eigenvalue weighted by molar-refractivity contribution is 6.31. The second kappa shape index (κ2) is 10.8. The van der Waals surface area contributed by atoms with Crippen molar-refractivity contribution in [3.63, 3.8) is 0 Å². The molecule has 2 aromatic carbocycles. The maximum Gasteiger partial charge on any atom is 0.408 e. The number of aliphatic hydroxyl groups is 1. The lowest BCUT2D eigenvalue weighted by atomic mass is 9.81. The smallest absolute Gasteiger partial charge is 0.408 e. The molecule has 0 spiro atoms. The summed E-state index contributed by atoms with van der Waals surface area (Å²) < 4.78 is 0. The summed E-state index contributed by atoms with van der Waals surface area (Å²) in [4.78, 5) is 44.1. The fourth-order valence-corrected chi connectivity index (χ4v) is 5.91. The van der Waals surface area contributed by atoms with Gasteiger partial charge in [-0.2, -0.15) is 0 Å². The van der Waals surface area contributed by atoms with E-state index in [1.54, 1.807) is 11.0 Å². The van der Waals surface area contributed by atoms with Crippen LogP contribution < -0.4 is 0 Å². The third kappa shape index (κ3) is 5.15. The zero-order chi connectivity index (χ0) is 27.0. The summed E-state index contributed by atoms with van der Waals surface area (Å²) >= 11 is 6.45. The van der Waals surface area contributed by atoms with Crippen molar-refractivity contribution in [2.24, 2.45) is 0 Å². The van der Waals surface area contributed by atoms with E-state index in [0.29, 0.717) is 30.0 Å². The van der Waals surface area contributed by atoms with Crippen LogP contribution in [0.15, 0.2) is 54.1 Å². The zero-order valence-electron chi connectivity index (χ0n) is 21.3. The molecule has 2 aromatic rings. The SMILES string of the molecule is CC(=O)N1C[C@H]2CC(c3ccc(CCO)cc3)=C(C(=O)N(Cc3ccccc3Cl)C3CC3)[C@@H](C1)N2C(=O)O. The van der Waals surface area contributed by atoms with Crippen LogP contribution in [-0.2, 0) is 22.6 Å². The van der Waals surface area contributed by atoms with Crippen LogP contribution in [0.3, 0.4) is 0 Å². The first-order valence-corrected chi connectivity index (χ1v) is 13.4. The fourth-order valence-electron chi connectivity index (χ4n) is 5.72. The summed E-state index contributed by atoms with van der Waals surface area (Å²) in [7, 11) is 0. The Hall–Kier alpha value is -3.36. The number of nitrogens with zero attached hydrogens (tertiary/aromatic N) is 3. The average Bonchev–Trinajstić information content (AvgIpc) is 3.73. The van der Waals surface area contributed by atoms with Gasteiger partial charge < -0.3 is 20.0 Å². The predicted octanol–water partition coefficient (Wildman–Crippen LogP) is 3.80. The highest BCUT2D eigenvalue weighted by Gasteiger charge is 2.49. The summed E-state index contributed by atoms with van der Waals surface area (Å²) in [5.74, 6) is -0.342. The van der Waals surface area contributed by atoms with Gasteiger partial charge in [-0.15, -0.1) is 0 Å². The van der Waals surface area contributed by atoms with Crippen molar-refractivity contribution in [1.82, 2.24) is 14.7 Å². The molecule has 2 N–H and O–H groups in total. The highest BCUT2D eigenvalue weighted by Crippen LogP contribution is 2.41. The largest absolute Gasteiger partial charge is 0.465 e. The number of halogens is 1. The van der Waals surface area contributed by atoms with Crippen LogP contribution in [0.2, 0.25) is 5.02 Å². The topological polar surface area (TPSA) is 101 Å². The zero-order valence-corrected chi connectivity index (χ0v) is 22.1. The molecule has 2 aliphatic heterocycles. The van der Waals surface area contributed by atoms with Gasteiger partial charge >= 0.3 is 6.09 Å². The summed E-state index contributed by atoms with van der Waals surface area (Å²) in [6, 6.07) is 14.0. The maximum atomic E-state index is 14.5. The number of fused-ring (bicyclic) bond motifs is 2. The lowest BCUT2D eigenvalue weighted by molar-refractivity contribution is -0.135. The molecule has 0 unspecified atom stereocenters. The molecule has 200 valence electrons. The van der Waals surface area contributed by atoms with Gasteiger partial charge in [0.1, 0.15) is 0 Å². The van der Waals surface area contributed by atoms with Crippen molar-refractivity contribution in [3.05, 3.63) is 75.8 Å². The molecule has 2 heterocycles. The van der Waals surface area contributed by atoms with Crippen molar-refractivity contribution in [3.8, 4) is 0 Å². The van der Waals surface area contributed by atoms with Gasteiger partial charge in [0.25, 0.3) is 5.91 Å². The van der Waals surface area contributed by atoms with Gasteiger partial charge in [0.05, 0.1) is 12.1 Å². The molecule has 1 saturated heterocycles. The van der Waals surface area contributed by atoms with E-state index in [1.807, 2.05) is 47.4 Å². The number of rotatable bonds is 7. The number of carbonyl (C=O) groups excluding carboxylic acids is 2. The first-order valence-electron chi connectivity index (χ1n) is 13.0. The Bertz CT molecular complexity index is 1270. The Kier molecular flexibility index (Phi) is 7.45. The number of carbonyl (C=O) groups is 3. The first-order chi connectivity index (χ1) is 18.3. The fraction of sp³-hybridized carbons (Fsp3) is 0.414. The van der Waals surface area contributed by atoms with Gasteiger partial charge in [-0.25, -0.2) is 4.79 Å². The van der Waals surface area contributed by atoms with Crippen molar-refractivity contribution in [2.45, 2.75) is 57.3 Å². The summed E-state index contributed by atoms with van der Waals surface area (Å²) in [5, 5.41) is 20.1. The molecule has 1 aliphatic carbocycles. The van der Waals surface area contributed by atoms with Crippen LogP contribution in [0.25, 0.3) is 5.57 Å². The Morgan fingerprint density at radius 3 is 2.37 bits per heavy atom. The summed E-state index contributed by atoms with van der Waals surface area (Å²) in [6.07, 6.45) is 1.53. The number of carboxylic acid groups (broad SMARTS) is 1. The molecule has 0 aromatic heterocycles. The number of amides is 3. The molecule has 9 heteroatoms. The van der Waals surface area contributed by atoms with E-state index in [9.17, 15) is 24.6 Å². The first kappa shape index (κ1) is 26.3. The second-order valence-electron chi connectivity index (χ2n) is 10.3. The quantitative estimate of drug-likeness (QED) is 0.559. The third-order valence-corrected chi connectivity index (χ3v) is 8.17. The van der Waals surface area contributed by atoms with Crippen molar-refractivity contribution < 1.29 is 24.6 Å². The van der Waals surface area contributed by atoms with Crippen LogP contribution in [-0.4, -0.2) is 80.6 Å². The third-order valence-electron chi connectivity index (χ3n) is 7.80. The van der Waals surface area contributed by atoms with E-state index in [-0.39, 0.29) is 37.6 Å². The second-order valence-corrected chi connectivity index (χ2v) is 10.7. The van der Waals surface area contributed by atoms with Gasteiger partial charge in [0.15, 0.2) is 0 Å². The van der Waals surface area contributed by atoms with Gasteiger partial charge in [-0.05, 0) is 54.0 Å². The minimum Gasteiger partial charge on any atom is -0.465 e. The maximum absolute atomic E-state index is 14.5. The molecule has 2 fully saturated rings. The van der Waals surface area contributed by atoms with E-state index in [1.165, 1.54) is 11.8 Å². The van der Waals surface area contributed by atoms with E-state index >= 15 is 0 Å². The van der Waals surface area contributed by atoms with Crippen molar-refractivity contribution in [2.75, 3.05) is 19.7 Å². The van der Waals surface area contributed by atoms with Gasteiger partial charge in [0.2, 0.25) is 5.91 Å². The Labute approximate surface area is 227 Å². The molecule has 2 atom stereocenters. The van der Waals surface area contributed by atoms with E-state index in [4.69, 9.17) is 11.6 Å². The molecule has 1 saturated carbocycles. The average molecular weight is 538 g/mol. The molecule has 0 radical (unpaired) electrons. The number of hydrogen-bond donors (Lipinski definition) is 2. The van der Waals surface area contributed by atoms with Crippen LogP contribution >= 0.6 is 11.6 Å². The van der Waals surface area contributed by atoms with E-state index < -0.39 is 18.2 Å². The van der Waals surface area contributed by atoms with Gasteiger partial charge in [-0.1, -0.05) is 54.1 Å². The molecule has 38 heavy (non-hydrogen) atoms. The van der Waals surface area contributed by atoms with E-state index in [0.717, 1.165) is 35.1 Å². The number of piperazine rings is 1. The minimum atomic E-state index is -1.09. The van der Waals surface area contributed by atoms with Crippen molar-refractivity contribution >= 4 is 35.1 Å².